The van der Waals surface area contributed by atoms with Crippen LogP contribution < -0.4 is 0 Å². The van der Waals surface area contributed by atoms with Gasteiger partial charge in [-0.25, -0.2) is 8.78 Å². The van der Waals surface area contributed by atoms with Crippen molar-refractivity contribution in [2.75, 3.05) is 6.61 Å². The molecule has 0 bridgehead atoms. The van der Waals surface area contributed by atoms with Crippen molar-refractivity contribution in [2.24, 2.45) is 0 Å². The van der Waals surface area contributed by atoms with E-state index < -0.39 is 45.5 Å². The van der Waals surface area contributed by atoms with Crippen LogP contribution in [0.3, 0.4) is 0 Å². The summed E-state index contributed by atoms with van der Waals surface area (Å²) in [7, 11) is 0. The number of esters is 1. The zero-order chi connectivity index (χ0) is 15.5. The summed E-state index contributed by atoms with van der Waals surface area (Å²) in [5, 5.41) is 0. The second-order valence-corrected chi connectivity index (χ2v) is 4.72. The molecule has 0 aliphatic heterocycles. The number of carbonyl (C=O) groups is 1. The molecule has 1 heterocycles. The van der Waals surface area contributed by atoms with Crippen molar-refractivity contribution in [3.8, 4) is 0 Å². The van der Waals surface area contributed by atoms with E-state index in [0.29, 0.717) is 6.07 Å². The van der Waals surface area contributed by atoms with Gasteiger partial charge in [-0.1, -0.05) is 0 Å². The lowest BCUT2D eigenvalue weighted by Gasteiger charge is -2.14. The van der Waals surface area contributed by atoms with Gasteiger partial charge in [0, 0.05) is 0 Å². The van der Waals surface area contributed by atoms with Crippen molar-refractivity contribution < 1.29 is 31.5 Å². The van der Waals surface area contributed by atoms with Crippen molar-refractivity contribution in [3.05, 3.63) is 26.6 Å². The fraction of sp³-hybridized carbons (Fsp3) is 0.455. The lowest BCUT2D eigenvalue weighted by molar-refractivity contribution is -0.143. The SMILES string of the molecule is CCOC(=O)Cc1cc(C(F)(F)F)c(I)c(C(F)F)n1. The molecule has 0 aliphatic carbocycles. The molecule has 0 fully saturated rings. The third kappa shape index (κ3) is 4.25. The molecule has 0 saturated heterocycles. The Morgan fingerprint density at radius 2 is 2.05 bits per heavy atom. The Hall–Kier alpha value is -1.00. The average molecular weight is 409 g/mol. The fourth-order valence-corrected chi connectivity index (χ4v) is 2.22. The number of rotatable bonds is 4. The topological polar surface area (TPSA) is 39.2 Å². The van der Waals surface area contributed by atoms with Gasteiger partial charge in [-0.2, -0.15) is 13.2 Å². The van der Waals surface area contributed by atoms with Gasteiger partial charge in [-0.15, -0.1) is 0 Å². The molecule has 3 nitrogen and oxygen atoms in total. The van der Waals surface area contributed by atoms with Crippen molar-refractivity contribution >= 4 is 28.6 Å². The molecule has 0 aromatic carbocycles. The number of pyridine rings is 1. The van der Waals surface area contributed by atoms with Gasteiger partial charge in [0.05, 0.1) is 27.9 Å². The first-order valence-corrected chi connectivity index (χ1v) is 6.45. The van der Waals surface area contributed by atoms with Crippen molar-refractivity contribution in [1.82, 2.24) is 4.98 Å². The van der Waals surface area contributed by atoms with Gasteiger partial charge in [0.25, 0.3) is 6.43 Å². The smallest absolute Gasteiger partial charge is 0.417 e. The standard InChI is InChI=1S/C11H9F5INO2/c1-2-20-7(19)4-5-3-6(11(14,15)16)8(17)9(18-5)10(12)13/h3,10H,2,4H2,1H3. The van der Waals surface area contributed by atoms with Crippen LogP contribution in [-0.4, -0.2) is 17.6 Å². The first-order valence-electron chi connectivity index (χ1n) is 5.37. The number of carbonyl (C=O) groups excluding carboxylic acids is 1. The van der Waals surface area contributed by atoms with Gasteiger partial charge >= 0.3 is 12.1 Å². The normalized spacial score (nSPS) is 11.8. The van der Waals surface area contributed by atoms with Crippen LogP contribution in [0.2, 0.25) is 0 Å². The quantitative estimate of drug-likeness (QED) is 0.432. The molecule has 9 heteroatoms. The third-order valence-corrected chi connectivity index (χ3v) is 3.31. The lowest BCUT2D eigenvalue weighted by atomic mass is 10.1. The molecule has 112 valence electrons. The summed E-state index contributed by atoms with van der Waals surface area (Å²) in [6, 6.07) is 0.588. The van der Waals surface area contributed by atoms with Gasteiger partial charge in [0.15, 0.2) is 0 Å². The van der Waals surface area contributed by atoms with Crippen LogP contribution in [0.1, 0.15) is 30.3 Å². The Bertz CT molecular complexity index is 504. The van der Waals surface area contributed by atoms with Gasteiger partial charge in [-0.3, -0.25) is 9.78 Å². The molecule has 20 heavy (non-hydrogen) atoms. The van der Waals surface area contributed by atoms with E-state index in [9.17, 15) is 26.7 Å². The van der Waals surface area contributed by atoms with E-state index in [1.165, 1.54) is 29.5 Å². The van der Waals surface area contributed by atoms with E-state index in [4.69, 9.17) is 0 Å². The first kappa shape index (κ1) is 17.1. The summed E-state index contributed by atoms with van der Waals surface area (Å²) in [6.07, 6.45) is -8.55. The van der Waals surface area contributed by atoms with Gasteiger partial charge in [0.1, 0.15) is 5.69 Å². The number of hydrogen-bond acceptors (Lipinski definition) is 3. The fourth-order valence-electron chi connectivity index (χ4n) is 1.41. The highest BCUT2D eigenvalue weighted by molar-refractivity contribution is 14.1. The minimum atomic E-state index is -4.80. The Kier molecular flexibility index (Phi) is 5.66. The zero-order valence-electron chi connectivity index (χ0n) is 10.1. The largest absolute Gasteiger partial charge is 0.466 e. The van der Waals surface area contributed by atoms with E-state index in [-0.39, 0.29) is 6.61 Å². The molecule has 0 atom stereocenters. The average Bonchev–Trinajstić information content (AvgIpc) is 2.29. The van der Waals surface area contributed by atoms with Crippen LogP contribution in [-0.2, 0) is 22.1 Å². The van der Waals surface area contributed by atoms with Gasteiger partial charge in [-0.05, 0) is 35.6 Å². The summed E-state index contributed by atoms with van der Waals surface area (Å²) >= 11 is 1.17. The highest BCUT2D eigenvalue weighted by atomic mass is 127. The predicted octanol–water partition coefficient (Wildman–Crippen LogP) is 3.75. The molecular weight excluding hydrogens is 400 g/mol. The molecule has 0 amide bonds. The number of ether oxygens (including phenoxy) is 1. The van der Waals surface area contributed by atoms with Crippen molar-refractivity contribution in [3.63, 3.8) is 0 Å². The molecule has 0 spiro atoms. The Balaban J connectivity index is 3.26. The lowest BCUT2D eigenvalue weighted by Crippen LogP contribution is -2.15. The maximum Gasteiger partial charge on any atom is 0.417 e. The van der Waals surface area contributed by atoms with E-state index in [0.717, 1.165) is 0 Å². The Labute approximate surface area is 124 Å². The molecule has 0 N–H and O–H groups in total. The number of halogens is 6. The minimum absolute atomic E-state index is 0.0387. The van der Waals surface area contributed by atoms with Crippen LogP contribution in [0.25, 0.3) is 0 Å². The zero-order valence-corrected chi connectivity index (χ0v) is 12.3. The molecule has 0 radical (unpaired) electrons. The van der Waals surface area contributed by atoms with Crippen molar-refractivity contribution in [2.45, 2.75) is 25.9 Å². The highest BCUT2D eigenvalue weighted by Gasteiger charge is 2.36. The maximum atomic E-state index is 12.8. The van der Waals surface area contributed by atoms with Gasteiger partial charge in [0.2, 0.25) is 0 Å². The minimum Gasteiger partial charge on any atom is -0.466 e. The van der Waals surface area contributed by atoms with Crippen LogP contribution in [0.5, 0.6) is 0 Å². The second kappa shape index (κ2) is 6.64. The molecule has 1 aromatic heterocycles. The predicted molar refractivity (Wildman–Crippen MR) is 67.3 cm³/mol. The van der Waals surface area contributed by atoms with E-state index in [1.807, 2.05) is 0 Å². The third-order valence-electron chi connectivity index (χ3n) is 2.18. The van der Waals surface area contributed by atoms with Crippen LogP contribution in [0.15, 0.2) is 6.07 Å². The van der Waals surface area contributed by atoms with Crippen LogP contribution >= 0.6 is 22.6 Å². The van der Waals surface area contributed by atoms with E-state index in [1.54, 1.807) is 0 Å². The molecule has 1 rings (SSSR count). The summed E-state index contributed by atoms with van der Waals surface area (Å²) in [4.78, 5) is 14.6. The molecule has 0 aliphatic rings. The maximum absolute atomic E-state index is 12.8. The number of aromatic nitrogens is 1. The van der Waals surface area contributed by atoms with Crippen LogP contribution in [0, 0.1) is 3.57 Å². The monoisotopic (exact) mass is 409 g/mol. The summed E-state index contributed by atoms with van der Waals surface area (Å²) in [5.74, 6) is -0.824. The summed E-state index contributed by atoms with van der Waals surface area (Å²) in [6.45, 7) is 1.56. The van der Waals surface area contributed by atoms with E-state index >= 15 is 0 Å². The first-order chi connectivity index (χ1) is 9.16. The number of hydrogen-bond donors (Lipinski definition) is 0. The van der Waals surface area contributed by atoms with E-state index in [2.05, 4.69) is 9.72 Å². The molecule has 0 unspecified atom stereocenters. The summed E-state index contributed by atoms with van der Waals surface area (Å²) in [5.41, 5.74) is -2.62. The Morgan fingerprint density at radius 3 is 2.50 bits per heavy atom. The van der Waals surface area contributed by atoms with Crippen LogP contribution in [0.4, 0.5) is 22.0 Å². The van der Waals surface area contributed by atoms with Crippen molar-refractivity contribution in [1.29, 1.82) is 0 Å². The number of alkyl halides is 5. The summed E-state index contributed by atoms with van der Waals surface area (Å²) < 4.78 is 67.6. The molecular formula is C11H9F5INO2. The highest BCUT2D eigenvalue weighted by Crippen LogP contribution is 2.36. The number of nitrogens with zero attached hydrogens (tertiary/aromatic N) is 1. The Morgan fingerprint density at radius 1 is 1.45 bits per heavy atom. The molecule has 1 aromatic rings. The second-order valence-electron chi connectivity index (χ2n) is 3.64. The molecule has 0 saturated carbocycles. The van der Waals surface area contributed by atoms with Gasteiger partial charge < -0.3 is 4.74 Å².